The molecule has 0 unspecified atom stereocenters. The fourth-order valence-corrected chi connectivity index (χ4v) is 1.19. The molecule has 0 aliphatic rings. The quantitative estimate of drug-likeness (QED) is 0.208. The van der Waals surface area contributed by atoms with Gasteiger partial charge in [-0.05, 0) is 19.4 Å². The summed E-state index contributed by atoms with van der Waals surface area (Å²) in [6.07, 6.45) is 0.716. The molecule has 0 aliphatic carbocycles. The molecular formula is C11H18N2O6. The SMILES string of the molecule is NCCCC[C@H](N)C(=O)OC(=O)CCC(=O)C(=O)O. The van der Waals surface area contributed by atoms with E-state index in [4.69, 9.17) is 16.6 Å². The largest absolute Gasteiger partial charge is 0.476 e. The summed E-state index contributed by atoms with van der Waals surface area (Å²) in [5.74, 6) is -4.59. The molecule has 0 amide bonds. The van der Waals surface area contributed by atoms with Gasteiger partial charge in [0.05, 0.1) is 6.42 Å². The van der Waals surface area contributed by atoms with Gasteiger partial charge in [0.25, 0.3) is 0 Å². The van der Waals surface area contributed by atoms with Crippen molar-refractivity contribution in [3.05, 3.63) is 0 Å². The van der Waals surface area contributed by atoms with Gasteiger partial charge in [0, 0.05) is 6.42 Å². The number of unbranched alkanes of at least 4 members (excludes halogenated alkanes) is 1. The molecule has 0 bridgehead atoms. The van der Waals surface area contributed by atoms with E-state index < -0.39 is 42.6 Å². The number of ketones is 1. The first kappa shape index (κ1) is 17.2. The maximum Gasteiger partial charge on any atom is 0.372 e. The Morgan fingerprint density at radius 2 is 1.74 bits per heavy atom. The highest BCUT2D eigenvalue weighted by Gasteiger charge is 2.20. The molecule has 0 saturated heterocycles. The topological polar surface area (TPSA) is 150 Å². The highest BCUT2D eigenvalue weighted by molar-refractivity contribution is 6.32. The fraction of sp³-hybridized carbons (Fsp3) is 0.636. The molecule has 0 aromatic rings. The van der Waals surface area contributed by atoms with Gasteiger partial charge in [-0.1, -0.05) is 6.42 Å². The third-order valence-electron chi connectivity index (χ3n) is 2.28. The molecule has 5 N–H and O–H groups in total. The van der Waals surface area contributed by atoms with Gasteiger partial charge in [0.2, 0.25) is 5.78 Å². The smallest absolute Gasteiger partial charge is 0.372 e. The number of carbonyl (C=O) groups is 4. The van der Waals surface area contributed by atoms with Gasteiger partial charge in [-0.3, -0.25) is 9.59 Å². The molecule has 0 spiro atoms. The van der Waals surface area contributed by atoms with Crippen LogP contribution in [0, 0.1) is 0 Å². The van der Waals surface area contributed by atoms with Crippen molar-refractivity contribution >= 4 is 23.7 Å². The van der Waals surface area contributed by atoms with Crippen molar-refractivity contribution in [1.82, 2.24) is 0 Å². The van der Waals surface area contributed by atoms with Crippen LogP contribution in [0.5, 0.6) is 0 Å². The second-order valence-corrected chi connectivity index (χ2v) is 3.91. The third kappa shape index (κ3) is 8.01. The summed E-state index contributed by atoms with van der Waals surface area (Å²) in [4.78, 5) is 43.4. The number of nitrogens with two attached hydrogens (primary N) is 2. The summed E-state index contributed by atoms with van der Waals surface area (Å²) >= 11 is 0. The lowest BCUT2D eigenvalue weighted by molar-refractivity contribution is -0.161. The van der Waals surface area contributed by atoms with Crippen LogP contribution < -0.4 is 11.5 Å². The van der Waals surface area contributed by atoms with Crippen LogP contribution in [-0.2, 0) is 23.9 Å². The molecule has 0 aromatic carbocycles. The zero-order valence-corrected chi connectivity index (χ0v) is 10.5. The first-order valence-electron chi connectivity index (χ1n) is 5.84. The van der Waals surface area contributed by atoms with Gasteiger partial charge in [-0.15, -0.1) is 0 Å². The molecule has 0 radical (unpaired) electrons. The van der Waals surface area contributed by atoms with Crippen molar-refractivity contribution in [3.63, 3.8) is 0 Å². The zero-order chi connectivity index (χ0) is 14.8. The van der Waals surface area contributed by atoms with Gasteiger partial charge in [0.15, 0.2) is 0 Å². The van der Waals surface area contributed by atoms with E-state index in [9.17, 15) is 19.2 Å². The van der Waals surface area contributed by atoms with Crippen molar-refractivity contribution < 1.29 is 29.0 Å². The number of carboxylic acids is 1. The number of aliphatic carboxylic acids is 1. The van der Waals surface area contributed by atoms with E-state index in [0.29, 0.717) is 25.8 Å². The van der Waals surface area contributed by atoms with Crippen LogP contribution in [0.4, 0.5) is 0 Å². The molecule has 0 rings (SSSR count). The molecular weight excluding hydrogens is 256 g/mol. The van der Waals surface area contributed by atoms with Crippen LogP contribution in [0.3, 0.4) is 0 Å². The molecule has 1 atom stereocenters. The minimum Gasteiger partial charge on any atom is -0.476 e. The Morgan fingerprint density at radius 1 is 1.11 bits per heavy atom. The van der Waals surface area contributed by atoms with E-state index in [0.717, 1.165) is 0 Å². The number of hydrogen-bond acceptors (Lipinski definition) is 7. The van der Waals surface area contributed by atoms with E-state index in [2.05, 4.69) is 4.74 Å². The summed E-state index contributed by atoms with van der Waals surface area (Å²) < 4.78 is 4.39. The molecule has 0 saturated carbocycles. The Kier molecular flexibility index (Phi) is 8.30. The molecule has 8 nitrogen and oxygen atoms in total. The summed E-state index contributed by atoms with van der Waals surface area (Å²) in [7, 11) is 0. The predicted molar refractivity (Wildman–Crippen MR) is 63.9 cm³/mol. The van der Waals surface area contributed by atoms with E-state index in [1.54, 1.807) is 0 Å². The zero-order valence-electron chi connectivity index (χ0n) is 10.5. The van der Waals surface area contributed by atoms with Crippen molar-refractivity contribution in [2.75, 3.05) is 6.54 Å². The van der Waals surface area contributed by atoms with E-state index in [1.165, 1.54) is 0 Å². The number of Topliss-reactive ketones (excluding diaryl/α,β-unsaturated/α-hetero) is 1. The monoisotopic (exact) mass is 274 g/mol. The number of esters is 2. The van der Waals surface area contributed by atoms with Gasteiger partial charge in [-0.25, -0.2) is 9.59 Å². The lowest BCUT2D eigenvalue weighted by Gasteiger charge is -2.09. The minimum absolute atomic E-state index is 0.345. The lowest BCUT2D eigenvalue weighted by Crippen LogP contribution is -2.34. The van der Waals surface area contributed by atoms with E-state index in [1.807, 2.05) is 0 Å². The van der Waals surface area contributed by atoms with Crippen LogP contribution in [-0.4, -0.2) is 41.4 Å². The first-order chi connectivity index (χ1) is 8.88. The second kappa shape index (κ2) is 9.17. The Labute approximate surface area is 110 Å². The number of hydrogen-bond donors (Lipinski definition) is 3. The number of rotatable bonds is 9. The van der Waals surface area contributed by atoms with Crippen LogP contribution in [0.15, 0.2) is 0 Å². The highest BCUT2D eigenvalue weighted by Crippen LogP contribution is 2.02. The molecule has 0 aromatic heterocycles. The van der Waals surface area contributed by atoms with Crippen LogP contribution in [0.1, 0.15) is 32.1 Å². The summed E-state index contributed by atoms with van der Waals surface area (Å²) in [5, 5.41) is 8.29. The average Bonchev–Trinajstić information content (AvgIpc) is 2.35. The Balaban J connectivity index is 3.94. The molecule has 0 aliphatic heterocycles. The fourth-order valence-electron chi connectivity index (χ4n) is 1.19. The first-order valence-corrected chi connectivity index (χ1v) is 5.84. The summed E-state index contributed by atoms with van der Waals surface area (Å²) in [6, 6.07) is -0.925. The Bertz CT molecular complexity index is 355. The minimum atomic E-state index is -1.63. The molecule has 108 valence electrons. The number of carboxylic acid groups (broad SMARTS) is 1. The third-order valence-corrected chi connectivity index (χ3v) is 2.28. The summed E-state index contributed by atoms with van der Waals surface area (Å²) in [6.45, 7) is 0.484. The molecule has 8 heteroatoms. The van der Waals surface area contributed by atoms with Crippen molar-refractivity contribution in [2.24, 2.45) is 11.5 Å². The summed E-state index contributed by atoms with van der Waals surface area (Å²) in [5.41, 5.74) is 10.8. The van der Waals surface area contributed by atoms with Crippen molar-refractivity contribution in [1.29, 1.82) is 0 Å². The van der Waals surface area contributed by atoms with Crippen molar-refractivity contribution in [3.8, 4) is 0 Å². The maximum absolute atomic E-state index is 11.3. The van der Waals surface area contributed by atoms with Gasteiger partial charge in [0.1, 0.15) is 6.04 Å². The Hall–Kier alpha value is -1.80. The molecule has 0 fully saturated rings. The van der Waals surface area contributed by atoms with E-state index in [-0.39, 0.29) is 0 Å². The number of ether oxygens (including phenoxy) is 1. The molecule has 0 heterocycles. The Morgan fingerprint density at radius 3 is 2.26 bits per heavy atom. The highest BCUT2D eigenvalue weighted by atomic mass is 16.6. The average molecular weight is 274 g/mol. The van der Waals surface area contributed by atoms with Gasteiger partial charge >= 0.3 is 17.9 Å². The van der Waals surface area contributed by atoms with Gasteiger partial charge < -0.3 is 21.3 Å². The second-order valence-electron chi connectivity index (χ2n) is 3.91. The number of carbonyl (C=O) groups excluding carboxylic acids is 3. The molecule has 19 heavy (non-hydrogen) atoms. The lowest BCUT2D eigenvalue weighted by atomic mass is 10.1. The predicted octanol–water partition coefficient (Wildman–Crippen LogP) is -1.05. The van der Waals surface area contributed by atoms with E-state index >= 15 is 0 Å². The van der Waals surface area contributed by atoms with Crippen LogP contribution in [0.2, 0.25) is 0 Å². The van der Waals surface area contributed by atoms with Crippen LogP contribution in [0.25, 0.3) is 0 Å². The van der Waals surface area contributed by atoms with Crippen molar-refractivity contribution in [2.45, 2.75) is 38.1 Å². The normalized spacial score (nSPS) is 11.7. The van der Waals surface area contributed by atoms with Gasteiger partial charge in [-0.2, -0.15) is 0 Å². The maximum atomic E-state index is 11.3. The standard InChI is InChI=1S/C11H18N2O6/c12-6-2-1-3-7(13)11(18)19-9(15)5-4-8(14)10(16)17/h7H,1-6,12-13H2,(H,16,17)/t7-/m0/s1. The van der Waals surface area contributed by atoms with Crippen LogP contribution >= 0.6 is 0 Å².